The molecule has 0 saturated carbocycles. The summed E-state index contributed by atoms with van der Waals surface area (Å²) in [6.45, 7) is 9.45. The molecule has 0 radical (unpaired) electrons. The third-order valence-electron chi connectivity index (χ3n) is 2.51. The van der Waals surface area contributed by atoms with Crippen LogP contribution in [0.15, 0.2) is 35.4 Å². The van der Waals surface area contributed by atoms with Crippen molar-refractivity contribution in [3.63, 3.8) is 0 Å². The van der Waals surface area contributed by atoms with E-state index >= 15 is 0 Å². The molecule has 16 heavy (non-hydrogen) atoms. The van der Waals surface area contributed by atoms with Crippen LogP contribution in [0.5, 0.6) is 0 Å². The molecule has 0 amide bonds. The van der Waals surface area contributed by atoms with Gasteiger partial charge in [0.2, 0.25) is 0 Å². The first kappa shape index (κ1) is 13.1. The average molecular weight is 238 g/mol. The molecular weight excluding hydrogens is 218 g/mol. The number of halogens is 1. The highest BCUT2D eigenvalue weighted by Gasteiger charge is 2.12. The number of nitrogens with one attached hydrogen (secondary N) is 1. The van der Waals surface area contributed by atoms with Crippen molar-refractivity contribution in [3.05, 3.63) is 40.9 Å². The Kier molecular flexibility index (Phi) is 4.43. The third-order valence-corrected chi connectivity index (χ3v) is 2.88. The Morgan fingerprint density at radius 2 is 1.81 bits per heavy atom. The molecule has 1 nitrogen and oxygen atoms in total. The zero-order valence-electron chi connectivity index (χ0n) is 10.5. The van der Waals surface area contributed by atoms with Gasteiger partial charge in [-0.25, -0.2) is 0 Å². The van der Waals surface area contributed by atoms with Crippen molar-refractivity contribution >= 4 is 17.3 Å². The van der Waals surface area contributed by atoms with Crippen molar-refractivity contribution < 1.29 is 0 Å². The highest BCUT2D eigenvalue weighted by molar-refractivity contribution is 6.25. The molecule has 0 aromatic heterocycles. The van der Waals surface area contributed by atoms with E-state index in [-0.39, 0.29) is 5.41 Å². The smallest absolute Gasteiger partial charge is 0.0369 e. The number of hydrogen-bond donors (Lipinski definition) is 1. The Labute approximate surface area is 104 Å². The van der Waals surface area contributed by atoms with E-state index in [2.05, 4.69) is 50.4 Å². The summed E-state index contributed by atoms with van der Waals surface area (Å²) in [6.07, 6.45) is 0. The lowest BCUT2D eigenvalue weighted by atomic mass is 9.87. The van der Waals surface area contributed by atoms with Gasteiger partial charge in [-0.15, -0.1) is 0 Å². The van der Waals surface area contributed by atoms with E-state index in [1.165, 1.54) is 5.56 Å². The lowest BCUT2D eigenvalue weighted by Gasteiger charge is -2.19. The Morgan fingerprint density at radius 3 is 2.25 bits per heavy atom. The average Bonchev–Trinajstić information content (AvgIpc) is 2.25. The summed E-state index contributed by atoms with van der Waals surface area (Å²) in [5.74, 6) is 0. The summed E-state index contributed by atoms with van der Waals surface area (Å²) in [4.78, 5) is 0. The zero-order valence-corrected chi connectivity index (χ0v) is 11.2. The summed E-state index contributed by atoms with van der Waals surface area (Å²) in [5.41, 5.74) is 5.43. The number of anilines is 1. The van der Waals surface area contributed by atoms with Gasteiger partial charge in [-0.1, -0.05) is 44.5 Å². The molecule has 1 aromatic rings. The first-order chi connectivity index (χ1) is 7.43. The fourth-order valence-corrected chi connectivity index (χ4v) is 1.45. The second-order valence-electron chi connectivity index (χ2n) is 5.14. The van der Waals surface area contributed by atoms with E-state index in [4.69, 9.17) is 11.6 Å². The number of benzene rings is 1. The minimum absolute atomic E-state index is 0.213. The van der Waals surface area contributed by atoms with Gasteiger partial charge in [0.1, 0.15) is 0 Å². The van der Waals surface area contributed by atoms with Crippen LogP contribution in [0.1, 0.15) is 33.3 Å². The summed E-state index contributed by atoms with van der Waals surface area (Å²) in [6, 6.07) is 8.56. The van der Waals surface area contributed by atoms with E-state index in [1.807, 2.05) is 6.92 Å². The van der Waals surface area contributed by atoms with E-state index in [1.54, 1.807) is 5.54 Å². The highest BCUT2D eigenvalue weighted by atomic mass is 35.5. The van der Waals surface area contributed by atoms with E-state index in [9.17, 15) is 0 Å². The van der Waals surface area contributed by atoms with Gasteiger partial charge in [0.05, 0.1) is 0 Å². The predicted molar refractivity (Wildman–Crippen MR) is 73.2 cm³/mol. The van der Waals surface area contributed by atoms with Crippen LogP contribution in [-0.2, 0) is 5.41 Å². The zero-order chi connectivity index (χ0) is 12.2. The van der Waals surface area contributed by atoms with Crippen molar-refractivity contribution in [2.75, 3.05) is 11.9 Å². The van der Waals surface area contributed by atoms with E-state index < -0.39 is 0 Å². The highest BCUT2D eigenvalue weighted by Crippen LogP contribution is 2.23. The van der Waals surface area contributed by atoms with Crippen molar-refractivity contribution in [2.45, 2.75) is 33.1 Å². The lowest BCUT2D eigenvalue weighted by molar-refractivity contribution is 0.590. The van der Waals surface area contributed by atoms with Crippen LogP contribution < -0.4 is 5.32 Å². The Hall–Kier alpha value is -0.950. The van der Waals surface area contributed by atoms with E-state index in [0.717, 1.165) is 17.8 Å². The third kappa shape index (κ3) is 3.90. The summed E-state index contributed by atoms with van der Waals surface area (Å²) in [5, 5.41) is 3.32. The normalized spacial score (nSPS) is 12.7. The van der Waals surface area contributed by atoms with Crippen LogP contribution in [0.4, 0.5) is 5.69 Å². The Balaban J connectivity index is 2.65. The van der Waals surface area contributed by atoms with Crippen molar-refractivity contribution in [3.8, 4) is 0 Å². The molecule has 0 heterocycles. The first-order valence-electron chi connectivity index (χ1n) is 5.54. The maximum atomic E-state index is 5.60. The molecule has 0 aliphatic heterocycles. The summed E-state index contributed by atoms with van der Waals surface area (Å²) in [7, 11) is 0. The van der Waals surface area contributed by atoms with Gasteiger partial charge in [-0.05, 0) is 35.6 Å². The predicted octanol–water partition coefficient (Wildman–Crippen LogP) is 4.54. The topological polar surface area (TPSA) is 12.0 Å². The molecule has 0 aliphatic rings. The largest absolute Gasteiger partial charge is 0.381 e. The molecule has 0 unspecified atom stereocenters. The monoisotopic (exact) mass is 237 g/mol. The maximum absolute atomic E-state index is 5.60. The molecule has 0 fully saturated rings. The molecular formula is C14H20ClN. The molecule has 0 atom stereocenters. The minimum atomic E-state index is 0.213. The van der Waals surface area contributed by atoms with Crippen molar-refractivity contribution in [1.29, 1.82) is 0 Å². The van der Waals surface area contributed by atoms with Crippen LogP contribution in [0.2, 0.25) is 0 Å². The quantitative estimate of drug-likeness (QED) is 0.814. The van der Waals surface area contributed by atoms with Crippen LogP contribution in [0, 0.1) is 0 Å². The van der Waals surface area contributed by atoms with Gasteiger partial charge in [-0.2, -0.15) is 0 Å². The molecule has 1 rings (SSSR count). The molecule has 0 bridgehead atoms. The van der Waals surface area contributed by atoms with E-state index in [0.29, 0.717) is 0 Å². The molecule has 1 N–H and O–H groups in total. The first-order valence-corrected chi connectivity index (χ1v) is 5.97. The molecule has 2 heteroatoms. The van der Waals surface area contributed by atoms with Gasteiger partial charge in [-0.3, -0.25) is 0 Å². The Bertz CT molecular complexity index is 357. The fraction of sp³-hybridized carbons (Fsp3) is 0.429. The second kappa shape index (κ2) is 5.40. The van der Waals surface area contributed by atoms with Gasteiger partial charge < -0.3 is 5.32 Å². The maximum Gasteiger partial charge on any atom is 0.0369 e. The minimum Gasteiger partial charge on any atom is -0.381 e. The SMILES string of the molecule is C/C(=C/Cl)CNc1ccc(C(C)(C)C)cc1. The van der Waals surface area contributed by atoms with Crippen molar-refractivity contribution in [2.24, 2.45) is 0 Å². The van der Waals surface area contributed by atoms with Gasteiger partial charge >= 0.3 is 0 Å². The van der Waals surface area contributed by atoms with Gasteiger partial charge in [0.15, 0.2) is 0 Å². The fourth-order valence-electron chi connectivity index (χ4n) is 1.37. The molecule has 1 aromatic carbocycles. The molecule has 0 spiro atoms. The van der Waals surface area contributed by atoms with Gasteiger partial charge in [0, 0.05) is 17.8 Å². The van der Waals surface area contributed by atoms with Crippen LogP contribution in [0.3, 0.4) is 0 Å². The van der Waals surface area contributed by atoms with Crippen molar-refractivity contribution in [1.82, 2.24) is 0 Å². The summed E-state index contributed by atoms with van der Waals surface area (Å²) < 4.78 is 0. The Morgan fingerprint density at radius 1 is 1.25 bits per heavy atom. The lowest BCUT2D eigenvalue weighted by Crippen LogP contribution is -2.11. The van der Waals surface area contributed by atoms with Crippen LogP contribution >= 0.6 is 11.6 Å². The van der Waals surface area contributed by atoms with Crippen LogP contribution in [0.25, 0.3) is 0 Å². The number of rotatable bonds is 3. The standard InChI is InChI=1S/C14H20ClN/c1-11(9-15)10-16-13-7-5-12(6-8-13)14(2,3)4/h5-9,16H,10H2,1-4H3/b11-9-. The molecule has 0 saturated heterocycles. The summed E-state index contributed by atoms with van der Waals surface area (Å²) >= 11 is 5.60. The van der Waals surface area contributed by atoms with Crippen LogP contribution in [-0.4, -0.2) is 6.54 Å². The molecule has 0 aliphatic carbocycles. The number of hydrogen-bond acceptors (Lipinski definition) is 1. The van der Waals surface area contributed by atoms with Gasteiger partial charge in [0.25, 0.3) is 0 Å². The second-order valence-corrected chi connectivity index (χ2v) is 5.35. The molecule has 88 valence electrons.